The van der Waals surface area contributed by atoms with Crippen molar-refractivity contribution in [1.82, 2.24) is 0 Å². The number of hydrogen-bond donors (Lipinski definition) is 2. The molecule has 0 bridgehead atoms. The van der Waals surface area contributed by atoms with E-state index in [1.807, 2.05) is 0 Å². The highest BCUT2D eigenvalue weighted by molar-refractivity contribution is 7.37. The van der Waals surface area contributed by atoms with Gasteiger partial charge in [0.25, 0.3) is 0 Å². The molecule has 0 aliphatic heterocycles. The summed E-state index contributed by atoms with van der Waals surface area (Å²) in [5.74, 6) is 0. The van der Waals surface area contributed by atoms with Gasteiger partial charge in [0.1, 0.15) is 0 Å². The van der Waals surface area contributed by atoms with Crippen LogP contribution in [0.5, 0.6) is 0 Å². The molecule has 1 aromatic rings. The van der Waals surface area contributed by atoms with E-state index in [1.165, 1.54) is 13.3 Å². The first kappa shape index (κ1) is 11.7. The van der Waals surface area contributed by atoms with Gasteiger partial charge in [0.2, 0.25) is 0 Å². The number of hydrogen-bond acceptors (Lipinski definition) is 2. The third-order valence-electron chi connectivity index (χ3n) is 0.552. The minimum Gasteiger partial charge on any atom is -0.346 e. The molecule has 82 valence electrons. The summed E-state index contributed by atoms with van der Waals surface area (Å²) in [7, 11) is -4.26. The van der Waals surface area contributed by atoms with Gasteiger partial charge in [-0.3, -0.25) is 9.13 Å². The maximum Gasteiger partial charge on any atom is 0.186 e. The lowest BCUT2D eigenvalue weighted by Crippen LogP contribution is -1.47. The maximum absolute atomic E-state index is 9.19. The van der Waals surface area contributed by atoms with E-state index in [0.717, 1.165) is 0 Å². The molecule has 0 heterocycles. The second-order valence-electron chi connectivity index (χ2n) is 2.04. The Bertz CT molecular complexity index is 288. The van der Waals surface area contributed by atoms with Gasteiger partial charge < -0.3 is 9.79 Å². The Morgan fingerprint density at radius 3 is 1.21 bits per heavy atom. The minimum absolute atomic E-state index is 0.459. The van der Waals surface area contributed by atoms with Crippen molar-refractivity contribution in [3.63, 3.8) is 0 Å². The molecule has 0 radical (unpaired) electrons. The van der Waals surface area contributed by atoms with Gasteiger partial charge in [0, 0.05) is 13.3 Å². The average molecular weight is 240 g/mol. The molecule has 0 aromatic heterocycles. The summed E-state index contributed by atoms with van der Waals surface area (Å²) in [6.45, 7) is 2.54. The van der Waals surface area contributed by atoms with Crippen LogP contribution >= 0.6 is 16.1 Å². The molecule has 0 aliphatic rings. The van der Waals surface area contributed by atoms with Crippen molar-refractivity contribution >= 4 is 16.1 Å². The molecule has 14 heavy (non-hydrogen) atoms. The Morgan fingerprint density at radius 1 is 0.929 bits per heavy atom. The maximum atomic E-state index is 9.19. The first-order valence-corrected chi connectivity index (χ1v) is 7.39. The van der Waals surface area contributed by atoms with E-state index in [2.05, 4.69) is 0 Å². The van der Waals surface area contributed by atoms with E-state index in [4.69, 9.17) is 12.5 Å². The number of rotatable bonds is 0. The Kier molecular flexibility index (Phi) is 10.5. The van der Waals surface area contributed by atoms with Gasteiger partial charge >= 0.3 is 0 Å². The normalized spacial score (nSPS) is 14.3. The SMILES string of the molecule is C[PH](=O)O.C[PH](=O)O.[2H]c1ccc([2H])cc1. The first-order valence-electron chi connectivity index (χ1n) is 4.68. The van der Waals surface area contributed by atoms with Crippen molar-refractivity contribution in [1.29, 1.82) is 0 Å². The van der Waals surface area contributed by atoms with Gasteiger partial charge in [-0.1, -0.05) is 36.4 Å². The molecule has 2 atom stereocenters. The summed E-state index contributed by atoms with van der Waals surface area (Å²) in [4.78, 5) is 15.2. The van der Waals surface area contributed by atoms with Gasteiger partial charge in [-0.15, -0.1) is 0 Å². The highest BCUT2D eigenvalue weighted by Gasteiger charge is 1.60. The lowest BCUT2D eigenvalue weighted by molar-refractivity contribution is 0.508. The minimum atomic E-state index is -2.13. The van der Waals surface area contributed by atoms with E-state index in [9.17, 15) is 9.13 Å². The second kappa shape index (κ2) is 12.6. The summed E-state index contributed by atoms with van der Waals surface area (Å²) in [5.41, 5.74) is 0. The van der Waals surface area contributed by atoms with Crippen LogP contribution in [0.4, 0.5) is 0 Å². The highest BCUT2D eigenvalue weighted by Crippen LogP contribution is 2.00. The summed E-state index contributed by atoms with van der Waals surface area (Å²) >= 11 is 0. The quantitative estimate of drug-likeness (QED) is 0.678. The third kappa shape index (κ3) is 41.6. The van der Waals surface area contributed by atoms with E-state index in [-0.39, 0.29) is 0 Å². The molecule has 6 heteroatoms. The Balaban J connectivity index is 0. The van der Waals surface area contributed by atoms with Crippen LogP contribution in [0.15, 0.2) is 36.4 Å². The van der Waals surface area contributed by atoms with Gasteiger partial charge in [-0.2, -0.15) is 0 Å². The summed E-state index contributed by atoms with van der Waals surface area (Å²) in [6.07, 6.45) is 0. The summed E-state index contributed by atoms with van der Waals surface area (Å²) in [6, 6.07) is 7.32. The molecule has 4 nitrogen and oxygen atoms in total. The average Bonchev–Trinajstić information content (AvgIpc) is 2.08. The van der Waals surface area contributed by atoms with Gasteiger partial charge in [-0.25, -0.2) is 0 Å². The number of benzene rings is 1. The molecule has 2 unspecified atom stereocenters. The van der Waals surface area contributed by atoms with Crippen LogP contribution in [0.1, 0.15) is 2.74 Å². The van der Waals surface area contributed by atoms with Crippen LogP contribution in [-0.4, -0.2) is 23.1 Å². The molecule has 1 aromatic carbocycles. The Morgan fingerprint density at radius 2 is 1.07 bits per heavy atom. The van der Waals surface area contributed by atoms with Crippen LogP contribution in [0.3, 0.4) is 0 Å². The fourth-order valence-corrected chi connectivity index (χ4v) is 0.304. The van der Waals surface area contributed by atoms with Gasteiger partial charge in [-0.05, 0) is 0 Å². The standard InChI is InChI=1S/C6H6.2CH5O2P/c1-2-4-6-5-3-1;2*1-4(2)3/h1-6H;2*4H,1H3,(H,2,3)/i1D,6D;;. The van der Waals surface area contributed by atoms with Crippen molar-refractivity contribution in [2.24, 2.45) is 0 Å². The third-order valence-corrected chi connectivity index (χ3v) is 0.552. The zero-order chi connectivity index (χ0) is 13.1. The lowest BCUT2D eigenvalue weighted by atomic mass is 10.4. The van der Waals surface area contributed by atoms with Crippen molar-refractivity contribution in [2.75, 3.05) is 13.3 Å². The molecule has 1 rings (SSSR count). The molecule has 0 amide bonds. The molecule has 0 spiro atoms. The van der Waals surface area contributed by atoms with Gasteiger partial charge in [0.15, 0.2) is 16.1 Å². The Hall–Kier alpha value is -0.400. The summed E-state index contributed by atoms with van der Waals surface area (Å²) < 4.78 is 32.4. The molecule has 0 saturated carbocycles. The van der Waals surface area contributed by atoms with Crippen molar-refractivity contribution in [2.45, 2.75) is 0 Å². The van der Waals surface area contributed by atoms with E-state index < -0.39 is 16.1 Å². The van der Waals surface area contributed by atoms with E-state index >= 15 is 0 Å². The van der Waals surface area contributed by atoms with Crippen molar-refractivity contribution in [3.05, 3.63) is 36.4 Å². The second-order valence-corrected chi connectivity index (χ2v) is 4.11. The smallest absolute Gasteiger partial charge is 0.186 e. The molecular weight excluding hydrogens is 222 g/mol. The molecule has 0 fully saturated rings. The highest BCUT2D eigenvalue weighted by atomic mass is 31.1. The first-order chi connectivity index (χ1) is 7.25. The topological polar surface area (TPSA) is 74.6 Å². The molecule has 0 saturated heterocycles. The van der Waals surface area contributed by atoms with Crippen LogP contribution in [-0.2, 0) is 9.13 Å². The van der Waals surface area contributed by atoms with Crippen molar-refractivity contribution < 1.29 is 21.7 Å². The van der Waals surface area contributed by atoms with Gasteiger partial charge in [0.05, 0.1) is 2.74 Å². The molecule has 2 N–H and O–H groups in total. The van der Waals surface area contributed by atoms with Crippen LogP contribution in [0, 0.1) is 0 Å². The van der Waals surface area contributed by atoms with Crippen LogP contribution in [0.2, 0.25) is 0 Å². The van der Waals surface area contributed by atoms with Crippen LogP contribution < -0.4 is 0 Å². The zero-order valence-corrected chi connectivity index (χ0v) is 10.0. The van der Waals surface area contributed by atoms with E-state index in [1.54, 1.807) is 24.3 Å². The predicted molar refractivity (Wildman–Crippen MR) is 60.7 cm³/mol. The monoisotopic (exact) mass is 240 g/mol. The lowest BCUT2D eigenvalue weighted by Gasteiger charge is -1.69. The molecule has 0 aliphatic carbocycles. The van der Waals surface area contributed by atoms with Crippen molar-refractivity contribution in [3.8, 4) is 0 Å². The largest absolute Gasteiger partial charge is 0.346 e. The zero-order valence-electron chi connectivity index (χ0n) is 10.0. The fraction of sp³-hybridized carbons (Fsp3) is 0.250. The summed E-state index contributed by atoms with van der Waals surface area (Å²) in [5, 5.41) is 0. The van der Waals surface area contributed by atoms with Crippen LogP contribution in [0.25, 0.3) is 0 Å². The molecular formula is C8H16O4P2. The fourth-order valence-electron chi connectivity index (χ4n) is 0.304. The predicted octanol–water partition coefficient (Wildman–Crippen LogP) is 1.85. The van der Waals surface area contributed by atoms with E-state index in [0.29, 0.717) is 12.1 Å². The Labute approximate surface area is 88.2 Å².